The van der Waals surface area contributed by atoms with Gasteiger partial charge in [-0.15, -0.1) is 0 Å². The first-order chi connectivity index (χ1) is 16.4. The summed E-state index contributed by atoms with van der Waals surface area (Å²) < 4.78 is 15.2. The van der Waals surface area contributed by atoms with E-state index in [0.717, 1.165) is 37.0 Å². The van der Waals surface area contributed by atoms with Crippen molar-refractivity contribution < 1.29 is 23.6 Å². The second kappa shape index (κ2) is 8.13. The van der Waals surface area contributed by atoms with Gasteiger partial charge in [0.15, 0.2) is 0 Å². The average molecular weight is 470 g/mol. The molecule has 0 aromatic heterocycles. The minimum atomic E-state index is -1.05. The van der Waals surface area contributed by atoms with E-state index in [-0.39, 0.29) is 24.0 Å². The van der Waals surface area contributed by atoms with Crippen molar-refractivity contribution in [2.75, 3.05) is 37.6 Å². The van der Waals surface area contributed by atoms with Crippen LogP contribution >= 0.6 is 0 Å². The highest BCUT2D eigenvalue weighted by Gasteiger charge is 2.48. The normalized spacial score (nSPS) is 29.9. The highest BCUT2D eigenvalue weighted by atomic mass is 19.1. The second-order valence-electron chi connectivity index (χ2n) is 10.1. The largest absolute Gasteiger partial charge is 0.366 e. The Hall–Kier alpha value is -2.85. The number of halogens is 1. The predicted molar refractivity (Wildman–Crippen MR) is 120 cm³/mol. The summed E-state index contributed by atoms with van der Waals surface area (Å²) in [5, 5.41) is 5.58. The number of rotatable bonds is 4. The van der Waals surface area contributed by atoms with Crippen molar-refractivity contribution in [3.63, 3.8) is 0 Å². The van der Waals surface area contributed by atoms with E-state index < -0.39 is 35.5 Å². The zero-order valence-electron chi connectivity index (χ0n) is 18.9. The van der Waals surface area contributed by atoms with Crippen molar-refractivity contribution in [2.24, 2.45) is 5.92 Å². The third-order valence-electron chi connectivity index (χ3n) is 8.12. The standard InChI is InChI=1S/C24H28FN5O4/c25-18-8-16-17(24(34)30(23(16)33)19-1-2-21(31)27-22(19)32)9-20(18)28-11-14-7-15(12-28)29(14)10-13-3-5-26-6-4-13/h8-9,13-15,19,26H,1-7,10-12H2,(H,27,31,32). The molecule has 2 N–H and O–H groups in total. The van der Waals surface area contributed by atoms with Gasteiger partial charge >= 0.3 is 0 Å². The number of carbonyl (C=O) groups is 4. The molecule has 3 unspecified atom stereocenters. The molecule has 3 atom stereocenters. The Morgan fingerprint density at radius 3 is 2.29 bits per heavy atom. The number of carbonyl (C=O) groups excluding carboxylic acids is 4. The minimum Gasteiger partial charge on any atom is -0.366 e. The summed E-state index contributed by atoms with van der Waals surface area (Å²) in [4.78, 5) is 55.2. The molecule has 5 saturated heterocycles. The monoisotopic (exact) mass is 469 g/mol. The summed E-state index contributed by atoms with van der Waals surface area (Å²) in [5.74, 6) is -2.21. The fourth-order valence-corrected chi connectivity index (χ4v) is 6.27. The highest BCUT2D eigenvalue weighted by molar-refractivity contribution is 6.23. The molecule has 1 aromatic carbocycles. The molecule has 0 saturated carbocycles. The van der Waals surface area contributed by atoms with Gasteiger partial charge in [-0.2, -0.15) is 0 Å². The van der Waals surface area contributed by atoms with Crippen molar-refractivity contribution in [3.8, 4) is 0 Å². The Bertz CT molecular complexity index is 1080. The lowest BCUT2D eigenvalue weighted by Gasteiger charge is -2.58. The molecule has 0 spiro atoms. The number of nitrogens with one attached hydrogen (secondary N) is 2. The fraction of sp³-hybridized carbons (Fsp3) is 0.583. The van der Waals surface area contributed by atoms with Crippen LogP contribution in [-0.4, -0.2) is 84.3 Å². The summed E-state index contributed by atoms with van der Waals surface area (Å²) in [5.41, 5.74) is 0.434. The van der Waals surface area contributed by atoms with Crippen molar-refractivity contribution in [1.29, 1.82) is 0 Å². The van der Waals surface area contributed by atoms with Crippen molar-refractivity contribution >= 4 is 29.3 Å². The van der Waals surface area contributed by atoms with E-state index in [1.807, 2.05) is 4.90 Å². The maximum absolute atomic E-state index is 15.2. The Morgan fingerprint density at radius 2 is 1.62 bits per heavy atom. The lowest BCUT2D eigenvalue weighted by Crippen LogP contribution is -2.69. The van der Waals surface area contributed by atoms with E-state index in [1.165, 1.54) is 18.9 Å². The van der Waals surface area contributed by atoms with Crippen molar-refractivity contribution in [1.82, 2.24) is 20.4 Å². The molecule has 0 radical (unpaired) electrons. The van der Waals surface area contributed by atoms with Crippen LogP contribution in [0.15, 0.2) is 12.1 Å². The summed E-state index contributed by atoms with van der Waals surface area (Å²) in [6, 6.07) is 2.29. The van der Waals surface area contributed by atoms with E-state index >= 15 is 4.39 Å². The van der Waals surface area contributed by atoms with Crippen molar-refractivity contribution in [3.05, 3.63) is 29.1 Å². The zero-order valence-corrected chi connectivity index (χ0v) is 18.9. The van der Waals surface area contributed by atoms with Gasteiger partial charge in [-0.3, -0.25) is 34.3 Å². The fourth-order valence-electron chi connectivity index (χ4n) is 6.27. The number of nitrogens with zero attached hydrogens (tertiary/aromatic N) is 3. The minimum absolute atomic E-state index is 0.0225. The number of anilines is 1. The summed E-state index contributed by atoms with van der Waals surface area (Å²) >= 11 is 0. The molecule has 6 heterocycles. The summed E-state index contributed by atoms with van der Waals surface area (Å²) in [6.07, 6.45) is 3.62. The molecule has 7 rings (SSSR count). The smallest absolute Gasteiger partial charge is 0.262 e. The molecular formula is C24H28FN5O4. The summed E-state index contributed by atoms with van der Waals surface area (Å²) in [6.45, 7) is 4.61. The molecule has 6 aliphatic heterocycles. The van der Waals surface area contributed by atoms with Crippen LogP contribution in [0.1, 0.15) is 52.8 Å². The van der Waals surface area contributed by atoms with Crippen LogP contribution in [0.3, 0.4) is 0 Å². The van der Waals surface area contributed by atoms with Gasteiger partial charge in [-0.05, 0) is 56.8 Å². The van der Waals surface area contributed by atoms with Gasteiger partial charge in [0, 0.05) is 38.1 Å². The molecular weight excluding hydrogens is 441 g/mol. The topological polar surface area (TPSA) is 102 Å². The van der Waals surface area contributed by atoms with Gasteiger partial charge in [0.1, 0.15) is 11.9 Å². The molecule has 10 heteroatoms. The molecule has 4 amide bonds. The van der Waals surface area contributed by atoms with Crippen molar-refractivity contribution in [2.45, 2.75) is 50.2 Å². The van der Waals surface area contributed by atoms with E-state index in [4.69, 9.17) is 0 Å². The number of fused-ring (bicyclic) bond motifs is 3. The number of piperidine rings is 3. The average Bonchev–Trinajstić information content (AvgIpc) is 3.07. The molecule has 2 bridgehead atoms. The molecule has 34 heavy (non-hydrogen) atoms. The molecule has 180 valence electrons. The predicted octanol–water partition coefficient (Wildman–Crippen LogP) is 0.489. The maximum atomic E-state index is 15.2. The van der Waals surface area contributed by atoms with Gasteiger partial charge in [-0.25, -0.2) is 4.39 Å². The second-order valence-corrected chi connectivity index (χ2v) is 10.1. The Labute approximate surface area is 196 Å². The quantitative estimate of drug-likeness (QED) is 0.619. The Morgan fingerprint density at radius 1 is 0.941 bits per heavy atom. The van der Waals surface area contributed by atoms with E-state index in [1.54, 1.807) is 0 Å². The SMILES string of the molecule is O=C1CCC(N2C(=O)c3cc(F)c(N4CC5CC(C4)N5CC4CCNCC4)cc3C2=O)C(=O)N1. The number of hydrogen-bond acceptors (Lipinski definition) is 7. The van der Waals surface area contributed by atoms with Gasteiger partial charge in [0.25, 0.3) is 11.8 Å². The Balaban J connectivity index is 1.19. The van der Waals surface area contributed by atoms with Gasteiger partial charge in [0.2, 0.25) is 11.8 Å². The number of amides is 4. The van der Waals surface area contributed by atoms with E-state index in [2.05, 4.69) is 15.5 Å². The van der Waals surface area contributed by atoms with Crippen LogP contribution in [-0.2, 0) is 9.59 Å². The van der Waals surface area contributed by atoms with Gasteiger partial charge < -0.3 is 10.2 Å². The summed E-state index contributed by atoms with van der Waals surface area (Å²) in [7, 11) is 0. The molecule has 6 aliphatic rings. The first kappa shape index (κ1) is 21.7. The lowest BCUT2D eigenvalue weighted by atomic mass is 9.84. The number of imide groups is 2. The van der Waals surface area contributed by atoms with E-state index in [9.17, 15) is 19.2 Å². The molecule has 9 nitrogen and oxygen atoms in total. The van der Waals surface area contributed by atoms with Crippen LogP contribution in [0.25, 0.3) is 0 Å². The number of hydrogen-bond donors (Lipinski definition) is 2. The van der Waals surface area contributed by atoms with E-state index in [0.29, 0.717) is 36.8 Å². The van der Waals surface area contributed by atoms with Crippen LogP contribution in [0.2, 0.25) is 0 Å². The Kier molecular flexibility index (Phi) is 5.18. The lowest BCUT2D eigenvalue weighted by molar-refractivity contribution is -0.136. The number of piperazine rings is 1. The third kappa shape index (κ3) is 3.42. The van der Waals surface area contributed by atoms with Gasteiger partial charge in [0.05, 0.1) is 16.8 Å². The van der Waals surface area contributed by atoms with Crippen LogP contribution in [0.5, 0.6) is 0 Å². The molecule has 0 aliphatic carbocycles. The number of benzene rings is 1. The maximum Gasteiger partial charge on any atom is 0.262 e. The van der Waals surface area contributed by atoms with Gasteiger partial charge in [-0.1, -0.05) is 0 Å². The molecule has 5 fully saturated rings. The van der Waals surface area contributed by atoms with Crippen LogP contribution in [0, 0.1) is 11.7 Å². The first-order valence-corrected chi connectivity index (χ1v) is 12.2. The first-order valence-electron chi connectivity index (χ1n) is 12.2. The van der Waals surface area contributed by atoms with Crippen LogP contribution < -0.4 is 15.5 Å². The molecule has 1 aromatic rings. The highest BCUT2D eigenvalue weighted by Crippen LogP contribution is 2.39. The van der Waals surface area contributed by atoms with Crippen LogP contribution in [0.4, 0.5) is 10.1 Å². The third-order valence-corrected chi connectivity index (χ3v) is 8.12. The zero-order chi connectivity index (χ0) is 23.6.